The lowest BCUT2D eigenvalue weighted by Gasteiger charge is -2.11. The molecular formula is C11H11IO5. The molecule has 0 bridgehead atoms. The number of methoxy groups -OCH3 is 1. The molecule has 0 amide bonds. The molecule has 0 radical (unpaired) electrons. The maximum Gasteiger partial charge on any atom is 0.338 e. The third-order valence-electron chi connectivity index (χ3n) is 1.92. The summed E-state index contributed by atoms with van der Waals surface area (Å²) in [5.74, 6) is -1.17. The summed E-state index contributed by atoms with van der Waals surface area (Å²) >= 11 is 1.71. The predicted octanol–water partition coefficient (Wildman–Crippen LogP) is 2.19. The Morgan fingerprint density at radius 1 is 1.35 bits per heavy atom. The van der Waals surface area contributed by atoms with E-state index < -0.39 is 5.97 Å². The zero-order valence-corrected chi connectivity index (χ0v) is 11.4. The Kier molecular flexibility index (Phi) is 4.22. The molecule has 5 nitrogen and oxygen atoms in total. The molecule has 1 aromatic carbocycles. The SMILES string of the molecule is C=C(C)C(=O)Oc1cc(OC)c(O)c(I)c1O. The summed E-state index contributed by atoms with van der Waals surface area (Å²) in [7, 11) is 1.35. The van der Waals surface area contributed by atoms with E-state index in [-0.39, 0.29) is 32.1 Å². The molecule has 1 aromatic rings. The molecule has 0 saturated heterocycles. The highest BCUT2D eigenvalue weighted by Gasteiger charge is 2.19. The topological polar surface area (TPSA) is 76.0 Å². The van der Waals surface area contributed by atoms with E-state index in [9.17, 15) is 15.0 Å². The fourth-order valence-electron chi connectivity index (χ4n) is 1.00. The molecule has 0 saturated carbocycles. The van der Waals surface area contributed by atoms with Gasteiger partial charge in [-0.3, -0.25) is 0 Å². The maximum atomic E-state index is 11.3. The molecular weight excluding hydrogens is 339 g/mol. The van der Waals surface area contributed by atoms with Crippen molar-refractivity contribution in [2.24, 2.45) is 0 Å². The monoisotopic (exact) mass is 350 g/mol. The average molecular weight is 350 g/mol. The molecule has 0 aliphatic carbocycles. The van der Waals surface area contributed by atoms with E-state index in [2.05, 4.69) is 6.58 Å². The van der Waals surface area contributed by atoms with Crippen LogP contribution in [0.25, 0.3) is 0 Å². The van der Waals surface area contributed by atoms with Crippen molar-refractivity contribution < 1.29 is 24.5 Å². The summed E-state index contributed by atoms with van der Waals surface area (Å²) in [5.41, 5.74) is 0.200. The van der Waals surface area contributed by atoms with Crippen LogP contribution >= 0.6 is 22.6 Å². The first-order chi connectivity index (χ1) is 7.88. The smallest absolute Gasteiger partial charge is 0.338 e. The van der Waals surface area contributed by atoms with E-state index in [0.29, 0.717) is 0 Å². The minimum atomic E-state index is -0.663. The van der Waals surface area contributed by atoms with Gasteiger partial charge in [0.2, 0.25) is 0 Å². The van der Waals surface area contributed by atoms with Gasteiger partial charge in [0.1, 0.15) is 3.57 Å². The molecule has 0 aliphatic rings. The number of phenols is 2. The van der Waals surface area contributed by atoms with Gasteiger partial charge in [-0.05, 0) is 29.5 Å². The van der Waals surface area contributed by atoms with Crippen LogP contribution in [0, 0.1) is 3.57 Å². The van der Waals surface area contributed by atoms with Gasteiger partial charge in [0.15, 0.2) is 23.0 Å². The van der Waals surface area contributed by atoms with E-state index in [4.69, 9.17) is 9.47 Å². The zero-order valence-electron chi connectivity index (χ0n) is 9.28. The Labute approximate surface area is 112 Å². The van der Waals surface area contributed by atoms with Crippen LogP contribution in [0.3, 0.4) is 0 Å². The lowest BCUT2D eigenvalue weighted by atomic mass is 10.2. The van der Waals surface area contributed by atoms with Gasteiger partial charge in [0.25, 0.3) is 0 Å². The second-order valence-corrected chi connectivity index (χ2v) is 4.34. The van der Waals surface area contributed by atoms with Crippen molar-refractivity contribution in [3.8, 4) is 23.0 Å². The molecule has 6 heteroatoms. The Morgan fingerprint density at radius 3 is 2.35 bits per heavy atom. The normalized spacial score (nSPS) is 9.82. The summed E-state index contributed by atoms with van der Waals surface area (Å²) in [6.07, 6.45) is 0. The molecule has 2 N–H and O–H groups in total. The summed E-state index contributed by atoms with van der Waals surface area (Å²) in [6.45, 7) is 4.91. The van der Waals surface area contributed by atoms with Gasteiger partial charge in [-0.1, -0.05) is 6.58 Å². The number of halogens is 1. The van der Waals surface area contributed by atoms with Gasteiger partial charge in [-0.25, -0.2) is 4.79 Å². The minimum Gasteiger partial charge on any atom is -0.503 e. The number of aromatic hydroxyl groups is 2. The summed E-state index contributed by atoms with van der Waals surface area (Å²) in [6, 6.07) is 1.23. The van der Waals surface area contributed by atoms with Crippen LogP contribution in [0.1, 0.15) is 6.92 Å². The van der Waals surface area contributed by atoms with Gasteiger partial charge in [-0.15, -0.1) is 0 Å². The molecule has 0 atom stereocenters. The summed E-state index contributed by atoms with van der Waals surface area (Å²) < 4.78 is 9.93. The van der Waals surface area contributed by atoms with Crippen LogP contribution in [0.15, 0.2) is 18.2 Å². The first-order valence-corrected chi connectivity index (χ1v) is 5.62. The Hall–Kier alpha value is -1.44. The number of phenolic OH excluding ortho intramolecular Hbond substituents is 2. The maximum absolute atomic E-state index is 11.3. The Balaban J connectivity index is 3.21. The van der Waals surface area contributed by atoms with E-state index in [1.165, 1.54) is 20.1 Å². The van der Waals surface area contributed by atoms with Gasteiger partial charge in [0.05, 0.1) is 7.11 Å². The zero-order chi connectivity index (χ0) is 13.2. The number of esters is 1. The van der Waals surface area contributed by atoms with E-state index in [0.717, 1.165) is 0 Å². The van der Waals surface area contributed by atoms with E-state index in [1.807, 2.05) is 0 Å². The highest BCUT2D eigenvalue weighted by atomic mass is 127. The lowest BCUT2D eigenvalue weighted by Crippen LogP contribution is -2.08. The van der Waals surface area contributed by atoms with Crippen molar-refractivity contribution >= 4 is 28.6 Å². The van der Waals surface area contributed by atoms with Crippen molar-refractivity contribution in [3.05, 3.63) is 21.8 Å². The number of ether oxygens (including phenoxy) is 2. The van der Waals surface area contributed by atoms with Gasteiger partial charge in [-0.2, -0.15) is 0 Å². The highest BCUT2D eigenvalue weighted by Crippen LogP contribution is 2.43. The number of rotatable bonds is 3. The predicted molar refractivity (Wildman–Crippen MR) is 69.5 cm³/mol. The van der Waals surface area contributed by atoms with E-state index >= 15 is 0 Å². The number of carbonyl (C=O) groups excluding carboxylic acids is 1. The fraction of sp³-hybridized carbons (Fsp3) is 0.182. The van der Waals surface area contributed by atoms with Crippen molar-refractivity contribution in [2.45, 2.75) is 6.92 Å². The van der Waals surface area contributed by atoms with Gasteiger partial charge >= 0.3 is 5.97 Å². The second kappa shape index (κ2) is 5.26. The quantitative estimate of drug-likeness (QED) is 0.378. The summed E-state index contributed by atoms with van der Waals surface area (Å²) in [4.78, 5) is 11.3. The average Bonchev–Trinajstić information content (AvgIpc) is 2.29. The van der Waals surface area contributed by atoms with Crippen LogP contribution < -0.4 is 9.47 Å². The molecule has 1 rings (SSSR count). The largest absolute Gasteiger partial charge is 0.503 e. The molecule has 0 aliphatic heterocycles. The first-order valence-electron chi connectivity index (χ1n) is 4.54. The Bertz CT molecular complexity index is 481. The minimum absolute atomic E-state index is 0.0861. The van der Waals surface area contributed by atoms with Crippen molar-refractivity contribution in [3.63, 3.8) is 0 Å². The summed E-state index contributed by atoms with van der Waals surface area (Å²) in [5, 5.41) is 19.3. The van der Waals surface area contributed by atoms with E-state index in [1.54, 1.807) is 22.6 Å². The highest BCUT2D eigenvalue weighted by molar-refractivity contribution is 14.1. The molecule has 0 heterocycles. The molecule has 0 fully saturated rings. The molecule has 0 aromatic heterocycles. The fourth-order valence-corrected chi connectivity index (χ4v) is 1.54. The lowest BCUT2D eigenvalue weighted by molar-refractivity contribution is -0.130. The molecule has 17 heavy (non-hydrogen) atoms. The van der Waals surface area contributed by atoms with Crippen molar-refractivity contribution in [1.82, 2.24) is 0 Å². The number of benzene rings is 1. The molecule has 0 spiro atoms. The van der Waals surface area contributed by atoms with Crippen LogP contribution in [0.2, 0.25) is 0 Å². The van der Waals surface area contributed by atoms with Crippen LogP contribution in [0.4, 0.5) is 0 Å². The van der Waals surface area contributed by atoms with Crippen LogP contribution in [0.5, 0.6) is 23.0 Å². The number of hydrogen-bond donors (Lipinski definition) is 2. The van der Waals surface area contributed by atoms with Gasteiger partial charge in [0, 0.05) is 11.6 Å². The van der Waals surface area contributed by atoms with Crippen LogP contribution in [-0.2, 0) is 4.79 Å². The molecule has 0 unspecified atom stereocenters. The van der Waals surface area contributed by atoms with Crippen molar-refractivity contribution in [2.75, 3.05) is 7.11 Å². The molecule has 92 valence electrons. The van der Waals surface area contributed by atoms with Gasteiger partial charge < -0.3 is 19.7 Å². The third kappa shape index (κ3) is 2.82. The standard InChI is InChI=1S/C11H11IO5/c1-5(2)11(15)17-7-4-6(16-3)9(13)8(12)10(7)14/h4,13-14H,1H2,2-3H3. The number of carbonyl (C=O) groups is 1. The Morgan fingerprint density at radius 2 is 1.88 bits per heavy atom. The van der Waals surface area contributed by atoms with Crippen molar-refractivity contribution in [1.29, 1.82) is 0 Å². The first kappa shape index (κ1) is 13.6. The number of hydrogen-bond acceptors (Lipinski definition) is 5. The van der Waals surface area contributed by atoms with Crippen LogP contribution in [-0.4, -0.2) is 23.3 Å². The third-order valence-corrected chi connectivity index (χ3v) is 2.94. The second-order valence-electron chi connectivity index (χ2n) is 3.26.